The number of likely N-dealkylation sites (tertiary alicyclic amines) is 1. The van der Waals surface area contributed by atoms with Crippen molar-refractivity contribution in [3.63, 3.8) is 0 Å². The molecule has 1 aliphatic heterocycles. The van der Waals surface area contributed by atoms with Gasteiger partial charge in [0.2, 0.25) is 0 Å². The lowest BCUT2D eigenvalue weighted by Crippen LogP contribution is -2.29. The number of para-hydroxylation sites is 1. The van der Waals surface area contributed by atoms with E-state index in [1.54, 1.807) is 36.4 Å². The van der Waals surface area contributed by atoms with Crippen LogP contribution < -0.4 is 4.74 Å². The normalized spacial score (nSPS) is 18.1. The number of carbonyl (C=O) groups excluding carboxylic acids is 2. The fraction of sp³-hybridized carbons (Fsp3) is 0.130. The highest BCUT2D eigenvalue weighted by Crippen LogP contribution is 2.43. The number of rotatable bonds is 5. The first-order chi connectivity index (χ1) is 14.5. The molecule has 1 aliphatic rings. The van der Waals surface area contributed by atoms with Gasteiger partial charge in [-0.05, 0) is 42.5 Å². The number of amides is 1. The standard InChI is InChI=1S/C23H18FNO5/c1-29-18-7-3-2-6-17(18)20-19(21(26)14-8-10-15(24)11-9-14)22(27)23(28)25(20)13-16-5-4-12-30-16/h2-12,20,26H,13H2,1H3/b21-19-. The largest absolute Gasteiger partial charge is 0.507 e. The summed E-state index contributed by atoms with van der Waals surface area (Å²) in [4.78, 5) is 27.2. The van der Waals surface area contributed by atoms with Gasteiger partial charge in [0.05, 0.1) is 31.5 Å². The van der Waals surface area contributed by atoms with Crippen LogP contribution in [0.25, 0.3) is 5.76 Å². The van der Waals surface area contributed by atoms with Gasteiger partial charge in [-0.25, -0.2) is 4.39 Å². The Hall–Kier alpha value is -3.87. The van der Waals surface area contributed by atoms with Crippen molar-refractivity contribution >= 4 is 17.4 Å². The average molecular weight is 407 g/mol. The fourth-order valence-electron chi connectivity index (χ4n) is 3.59. The number of Topliss-reactive ketones (excluding diaryl/α,β-unsaturated/α-hetero) is 1. The third-order valence-electron chi connectivity index (χ3n) is 5.00. The van der Waals surface area contributed by atoms with E-state index < -0.39 is 23.5 Å². The first-order valence-corrected chi connectivity index (χ1v) is 9.21. The Morgan fingerprint density at radius 3 is 2.50 bits per heavy atom. The van der Waals surface area contributed by atoms with Crippen molar-refractivity contribution in [2.24, 2.45) is 0 Å². The molecule has 0 bridgehead atoms. The molecule has 0 radical (unpaired) electrons. The van der Waals surface area contributed by atoms with Gasteiger partial charge < -0.3 is 19.2 Å². The fourth-order valence-corrected chi connectivity index (χ4v) is 3.59. The lowest BCUT2D eigenvalue weighted by atomic mass is 9.94. The summed E-state index contributed by atoms with van der Waals surface area (Å²) in [6, 6.07) is 14.5. The number of benzene rings is 2. The first-order valence-electron chi connectivity index (χ1n) is 9.21. The van der Waals surface area contributed by atoms with Crippen molar-refractivity contribution < 1.29 is 28.2 Å². The molecule has 1 atom stereocenters. The van der Waals surface area contributed by atoms with E-state index in [9.17, 15) is 19.1 Å². The van der Waals surface area contributed by atoms with Gasteiger partial charge in [-0.3, -0.25) is 9.59 Å². The first kappa shape index (κ1) is 19.4. The van der Waals surface area contributed by atoms with Crippen LogP contribution in [0, 0.1) is 5.82 Å². The van der Waals surface area contributed by atoms with Crippen molar-refractivity contribution in [3.8, 4) is 5.75 Å². The molecular weight excluding hydrogens is 389 g/mol. The van der Waals surface area contributed by atoms with Crippen molar-refractivity contribution in [2.45, 2.75) is 12.6 Å². The molecule has 4 rings (SSSR count). The van der Waals surface area contributed by atoms with E-state index in [2.05, 4.69) is 0 Å². The van der Waals surface area contributed by atoms with Crippen molar-refractivity contribution in [1.29, 1.82) is 0 Å². The number of aliphatic hydroxyl groups is 1. The zero-order valence-electron chi connectivity index (χ0n) is 16.0. The lowest BCUT2D eigenvalue weighted by Gasteiger charge is -2.25. The quantitative estimate of drug-likeness (QED) is 0.392. The van der Waals surface area contributed by atoms with Gasteiger partial charge in [0.25, 0.3) is 11.7 Å². The monoisotopic (exact) mass is 407 g/mol. The smallest absolute Gasteiger partial charge is 0.296 e. The van der Waals surface area contributed by atoms with E-state index in [4.69, 9.17) is 9.15 Å². The number of ether oxygens (including phenoxy) is 1. The predicted molar refractivity (Wildman–Crippen MR) is 106 cm³/mol. The van der Waals surface area contributed by atoms with E-state index in [1.165, 1.54) is 42.5 Å². The third kappa shape index (κ3) is 3.34. The van der Waals surface area contributed by atoms with Crippen LogP contribution in [0.2, 0.25) is 0 Å². The molecule has 1 N–H and O–H groups in total. The van der Waals surface area contributed by atoms with Gasteiger partial charge >= 0.3 is 0 Å². The number of hydrogen-bond donors (Lipinski definition) is 1. The Bertz CT molecular complexity index is 1120. The molecule has 7 heteroatoms. The number of carbonyl (C=O) groups is 2. The molecule has 0 spiro atoms. The molecular formula is C23H18FNO5. The Balaban J connectivity index is 1.90. The maximum absolute atomic E-state index is 13.3. The van der Waals surface area contributed by atoms with E-state index >= 15 is 0 Å². The molecule has 1 amide bonds. The number of methoxy groups -OCH3 is 1. The lowest BCUT2D eigenvalue weighted by molar-refractivity contribution is -0.140. The maximum atomic E-state index is 13.3. The van der Waals surface area contributed by atoms with E-state index in [0.29, 0.717) is 17.1 Å². The maximum Gasteiger partial charge on any atom is 0.296 e. The SMILES string of the molecule is COc1ccccc1C1/C(=C(/O)c2ccc(F)cc2)C(=O)C(=O)N1Cc1ccco1. The molecule has 0 aliphatic carbocycles. The number of aliphatic hydroxyl groups excluding tert-OH is 1. The van der Waals surface area contributed by atoms with Gasteiger partial charge in [0.1, 0.15) is 23.1 Å². The van der Waals surface area contributed by atoms with Gasteiger partial charge in [-0.15, -0.1) is 0 Å². The number of hydrogen-bond acceptors (Lipinski definition) is 5. The highest BCUT2D eigenvalue weighted by molar-refractivity contribution is 6.46. The molecule has 30 heavy (non-hydrogen) atoms. The number of ketones is 1. The summed E-state index contributed by atoms with van der Waals surface area (Å²) in [6.07, 6.45) is 1.47. The minimum atomic E-state index is -0.906. The molecule has 1 aromatic heterocycles. The van der Waals surface area contributed by atoms with Crippen LogP contribution in [-0.2, 0) is 16.1 Å². The second kappa shape index (κ2) is 7.87. The molecule has 1 saturated heterocycles. The van der Waals surface area contributed by atoms with Gasteiger partial charge in [0.15, 0.2) is 0 Å². The molecule has 2 heterocycles. The van der Waals surface area contributed by atoms with Crippen molar-refractivity contribution in [2.75, 3.05) is 7.11 Å². The van der Waals surface area contributed by atoms with Gasteiger partial charge in [-0.1, -0.05) is 18.2 Å². The number of halogens is 1. The zero-order valence-corrected chi connectivity index (χ0v) is 16.0. The second-order valence-electron chi connectivity index (χ2n) is 6.76. The van der Waals surface area contributed by atoms with Crippen LogP contribution in [0.15, 0.2) is 76.9 Å². The Morgan fingerprint density at radius 2 is 1.83 bits per heavy atom. The molecule has 0 saturated carbocycles. The van der Waals surface area contributed by atoms with Crippen LogP contribution in [0.4, 0.5) is 4.39 Å². The highest BCUT2D eigenvalue weighted by Gasteiger charge is 2.47. The molecule has 1 fully saturated rings. The van der Waals surface area contributed by atoms with E-state index in [1.807, 2.05) is 0 Å². The summed E-state index contributed by atoms with van der Waals surface area (Å²) in [5.41, 5.74) is 0.671. The van der Waals surface area contributed by atoms with Crippen LogP contribution in [0.5, 0.6) is 5.75 Å². The molecule has 2 aromatic carbocycles. The topological polar surface area (TPSA) is 80.0 Å². The highest BCUT2D eigenvalue weighted by atomic mass is 19.1. The molecule has 152 valence electrons. The zero-order chi connectivity index (χ0) is 21.3. The third-order valence-corrected chi connectivity index (χ3v) is 5.00. The molecule has 3 aromatic rings. The van der Waals surface area contributed by atoms with Gasteiger partial charge in [0, 0.05) is 11.1 Å². The van der Waals surface area contributed by atoms with Crippen LogP contribution in [0.1, 0.15) is 22.9 Å². The Kier molecular flexibility index (Phi) is 5.10. The summed E-state index contributed by atoms with van der Waals surface area (Å²) in [5.74, 6) is -1.53. The van der Waals surface area contributed by atoms with Crippen molar-refractivity contribution in [3.05, 3.63) is 95.2 Å². The number of furan rings is 1. The molecule has 1 unspecified atom stereocenters. The van der Waals surface area contributed by atoms with Crippen molar-refractivity contribution in [1.82, 2.24) is 4.90 Å². The Labute approximate surface area is 171 Å². The summed E-state index contributed by atoms with van der Waals surface area (Å²) in [7, 11) is 1.48. The van der Waals surface area contributed by atoms with Crippen LogP contribution in [-0.4, -0.2) is 28.8 Å². The summed E-state index contributed by atoms with van der Waals surface area (Å²) in [6.45, 7) is 0.0283. The average Bonchev–Trinajstić information content (AvgIpc) is 3.36. The number of nitrogens with zero attached hydrogens (tertiary/aromatic N) is 1. The second-order valence-corrected chi connectivity index (χ2v) is 6.76. The van der Waals surface area contributed by atoms with E-state index in [-0.39, 0.29) is 23.4 Å². The minimum Gasteiger partial charge on any atom is -0.507 e. The summed E-state index contributed by atoms with van der Waals surface area (Å²) >= 11 is 0. The van der Waals surface area contributed by atoms with Gasteiger partial charge in [-0.2, -0.15) is 0 Å². The van der Waals surface area contributed by atoms with Crippen LogP contribution in [0.3, 0.4) is 0 Å². The minimum absolute atomic E-state index is 0.0283. The predicted octanol–water partition coefficient (Wildman–Crippen LogP) is 4.05. The summed E-state index contributed by atoms with van der Waals surface area (Å²) < 4.78 is 24.1. The van der Waals surface area contributed by atoms with Crippen LogP contribution >= 0.6 is 0 Å². The molecule has 6 nitrogen and oxygen atoms in total. The Morgan fingerprint density at radius 1 is 1.10 bits per heavy atom. The van der Waals surface area contributed by atoms with E-state index in [0.717, 1.165) is 0 Å². The summed E-state index contributed by atoms with van der Waals surface area (Å²) in [5, 5.41) is 10.9.